The molecule has 220 valence electrons. The number of rotatable bonds is 9. The van der Waals surface area contributed by atoms with Gasteiger partial charge in [0.1, 0.15) is 24.1 Å². The zero-order chi connectivity index (χ0) is 29.4. The van der Waals surface area contributed by atoms with Crippen LogP contribution in [0, 0.1) is 0 Å². The van der Waals surface area contributed by atoms with Gasteiger partial charge in [0.2, 0.25) is 12.1 Å². The van der Waals surface area contributed by atoms with Crippen LogP contribution in [0.3, 0.4) is 0 Å². The van der Waals surface area contributed by atoms with Crippen molar-refractivity contribution in [2.24, 2.45) is 0 Å². The highest BCUT2D eigenvalue weighted by atomic mass is 16.8. The van der Waals surface area contributed by atoms with Crippen molar-refractivity contribution >= 4 is 35.1 Å². The first-order valence-corrected chi connectivity index (χ1v) is 13.7. The van der Waals surface area contributed by atoms with Crippen LogP contribution in [-0.2, 0) is 30.1 Å². The second-order valence-electron chi connectivity index (χ2n) is 11.9. The first kappa shape index (κ1) is 28.7. The fourth-order valence-electron chi connectivity index (χ4n) is 5.36. The third-order valence-electron chi connectivity index (χ3n) is 7.37. The number of urea groups is 1. The van der Waals surface area contributed by atoms with E-state index in [1.54, 1.807) is 15.8 Å². The number of amides is 3. The van der Waals surface area contributed by atoms with Crippen molar-refractivity contribution in [3.8, 4) is 0 Å². The van der Waals surface area contributed by atoms with E-state index in [-0.39, 0.29) is 30.4 Å². The average Bonchev–Trinajstić information content (AvgIpc) is 3.56. The highest BCUT2D eigenvalue weighted by molar-refractivity contribution is 5.89. The largest absolute Gasteiger partial charge is 0.382 e. The number of ether oxygens (including phenoxy) is 3. The number of hydrogen-bond acceptors (Lipinski definition) is 9. The van der Waals surface area contributed by atoms with Crippen LogP contribution < -0.4 is 16.4 Å². The number of carbonyl (C=O) groups excluding carboxylic acids is 2. The van der Waals surface area contributed by atoms with Crippen molar-refractivity contribution in [1.29, 1.82) is 0 Å². The highest BCUT2D eigenvalue weighted by Gasteiger charge is 2.63. The lowest BCUT2D eigenvalue weighted by Crippen LogP contribution is -2.46. The monoisotopic (exact) mass is 566 g/mol. The summed E-state index contributed by atoms with van der Waals surface area (Å²) in [6.07, 6.45) is 3.31. The minimum atomic E-state index is -1.04. The van der Waals surface area contributed by atoms with Crippen LogP contribution in [0.2, 0.25) is 0 Å². The molecule has 4 heterocycles. The van der Waals surface area contributed by atoms with E-state index in [1.807, 2.05) is 38.1 Å². The minimum Gasteiger partial charge on any atom is -0.382 e. The second-order valence-corrected chi connectivity index (χ2v) is 11.9. The number of anilines is 2. The van der Waals surface area contributed by atoms with Crippen molar-refractivity contribution in [2.75, 3.05) is 37.3 Å². The molecule has 0 radical (unpaired) electrons. The Morgan fingerprint density at radius 2 is 1.98 bits per heavy atom. The third-order valence-corrected chi connectivity index (χ3v) is 7.37. The predicted octanol–water partition coefficient (Wildman–Crippen LogP) is 2.58. The Labute approximate surface area is 238 Å². The molecule has 0 saturated carbocycles. The van der Waals surface area contributed by atoms with Crippen LogP contribution >= 0.6 is 0 Å². The Morgan fingerprint density at radius 1 is 1.22 bits per heavy atom. The molecule has 3 amide bonds. The van der Waals surface area contributed by atoms with Gasteiger partial charge in [-0.15, -0.1) is 0 Å². The number of hydrogen-bond donors (Lipinski definition) is 3. The highest BCUT2D eigenvalue weighted by Crippen LogP contribution is 2.47. The molecule has 3 atom stereocenters. The van der Waals surface area contributed by atoms with Gasteiger partial charge in [-0.2, -0.15) is 0 Å². The summed E-state index contributed by atoms with van der Waals surface area (Å²) in [4.78, 5) is 38.7. The van der Waals surface area contributed by atoms with E-state index in [2.05, 4.69) is 46.4 Å². The molecule has 13 nitrogen and oxygen atoms in total. The summed E-state index contributed by atoms with van der Waals surface area (Å²) in [6, 6.07) is 7.50. The number of nitrogens with two attached hydrogens (primary N) is 1. The normalized spacial score (nSPS) is 23.3. The van der Waals surface area contributed by atoms with Crippen molar-refractivity contribution in [1.82, 2.24) is 29.7 Å². The molecule has 3 unspecified atom stereocenters. The van der Waals surface area contributed by atoms with E-state index >= 15 is 0 Å². The lowest BCUT2D eigenvalue weighted by molar-refractivity contribution is -0.205. The number of aromatic nitrogens is 4. The number of imidazole rings is 1. The second kappa shape index (κ2) is 10.9. The average molecular weight is 567 g/mol. The third kappa shape index (κ3) is 5.83. The molecule has 1 aromatic carbocycles. The van der Waals surface area contributed by atoms with Crippen LogP contribution in [-0.4, -0.2) is 81.1 Å². The zero-order valence-electron chi connectivity index (χ0n) is 24.1. The summed E-state index contributed by atoms with van der Waals surface area (Å²) in [5.41, 5.74) is 7.88. The summed E-state index contributed by atoms with van der Waals surface area (Å²) in [6.45, 7) is 11.4. The van der Waals surface area contributed by atoms with Gasteiger partial charge in [0, 0.05) is 25.3 Å². The van der Waals surface area contributed by atoms with Gasteiger partial charge in [-0.25, -0.2) is 19.7 Å². The first-order valence-electron chi connectivity index (χ1n) is 13.7. The van der Waals surface area contributed by atoms with E-state index < -0.39 is 23.7 Å². The van der Waals surface area contributed by atoms with Crippen LogP contribution in [0.15, 0.2) is 36.9 Å². The number of nitrogens with zero attached hydrogens (tertiary/aromatic N) is 5. The summed E-state index contributed by atoms with van der Waals surface area (Å²) in [5, 5.41) is 5.68. The molecule has 0 spiro atoms. The SMILES string of the molecule is CC1(C)OC2C(CN(C=O)CCCNC(=O)Nc3ccc(C(C)(C)C)cc3)OCC2(n2cnc3c(N)ncnc32)O1. The van der Waals surface area contributed by atoms with Gasteiger partial charge in [0.05, 0.1) is 12.9 Å². The predicted molar refractivity (Wildman–Crippen MR) is 152 cm³/mol. The van der Waals surface area contributed by atoms with Gasteiger partial charge in [-0.3, -0.25) is 9.36 Å². The fourth-order valence-corrected chi connectivity index (χ4v) is 5.36. The molecule has 3 aromatic rings. The molecule has 0 aliphatic carbocycles. The Balaban J connectivity index is 1.16. The van der Waals surface area contributed by atoms with E-state index in [0.717, 1.165) is 6.41 Å². The quantitative estimate of drug-likeness (QED) is 0.261. The van der Waals surface area contributed by atoms with E-state index in [1.165, 1.54) is 11.9 Å². The number of nitrogens with one attached hydrogen (secondary N) is 2. The molecule has 4 N–H and O–H groups in total. The Hall–Kier alpha value is -3.81. The number of nitrogen functional groups attached to an aromatic ring is 1. The minimum absolute atomic E-state index is 0.0424. The molecule has 0 bridgehead atoms. The Kier molecular flexibility index (Phi) is 7.62. The van der Waals surface area contributed by atoms with Crippen molar-refractivity contribution < 1.29 is 23.8 Å². The molecule has 2 saturated heterocycles. The fraction of sp³-hybridized carbons (Fsp3) is 0.536. The van der Waals surface area contributed by atoms with Gasteiger partial charge in [0.15, 0.2) is 17.3 Å². The van der Waals surface area contributed by atoms with Gasteiger partial charge in [-0.1, -0.05) is 32.9 Å². The van der Waals surface area contributed by atoms with Crippen LogP contribution in [0.5, 0.6) is 0 Å². The Morgan fingerprint density at radius 3 is 2.68 bits per heavy atom. The van der Waals surface area contributed by atoms with Gasteiger partial charge < -0.3 is 35.5 Å². The molecular weight excluding hydrogens is 528 g/mol. The van der Waals surface area contributed by atoms with E-state index in [4.69, 9.17) is 19.9 Å². The standard InChI is InChI=1S/C28H38N8O5/c1-26(2,3)18-7-9-19(10-8-18)34-25(38)30-11-6-12-35(17-37)13-20-22-28(14-39-20,41-27(4,5)40-22)36-16-33-21-23(29)31-15-32-24(21)36/h7-10,15-17,20,22H,6,11-14H2,1-5H3,(H2,29,31,32)(H2,30,34,38). The molecule has 2 fully saturated rings. The molecular formula is C28H38N8O5. The van der Waals surface area contributed by atoms with Crippen molar-refractivity contribution in [3.63, 3.8) is 0 Å². The van der Waals surface area contributed by atoms with E-state index in [9.17, 15) is 9.59 Å². The zero-order valence-corrected chi connectivity index (χ0v) is 24.1. The molecule has 13 heteroatoms. The first-order chi connectivity index (χ1) is 19.4. The maximum Gasteiger partial charge on any atom is 0.319 e. The van der Waals surface area contributed by atoms with Gasteiger partial charge in [0.25, 0.3) is 0 Å². The van der Waals surface area contributed by atoms with Crippen LogP contribution in [0.4, 0.5) is 16.3 Å². The lowest BCUT2D eigenvalue weighted by atomic mass is 9.87. The molecule has 5 rings (SSSR count). The van der Waals surface area contributed by atoms with Crippen LogP contribution in [0.25, 0.3) is 11.2 Å². The van der Waals surface area contributed by atoms with Gasteiger partial charge in [-0.05, 0) is 43.4 Å². The molecule has 2 aliphatic rings. The smallest absolute Gasteiger partial charge is 0.319 e. The summed E-state index contributed by atoms with van der Waals surface area (Å²) in [5.74, 6) is -0.638. The van der Waals surface area contributed by atoms with Crippen molar-refractivity contribution in [2.45, 2.75) is 70.2 Å². The summed E-state index contributed by atoms with van der Waals surface area (Å²) >= 11 is 0. The van der Waals surface area contributed by atoms with Gasteiger partial charge >= 0.3 is 6.03 Å². The van der Waals surface area contributed by atoms with Crippen LogP contribution in [0.1, 0.15) is 46.6 Å². The maximum absolute atomic E-state index is 12.4. The van der Waals surface area contributed by atoms with Crippen molar-refractivity contribution in [3.05, 3.63) is 42.5 Å². The molecule has 2 aliphatic heterocycles. The molecule has 2 aromatic heterocycles. The summed E-state index contributed by atoms with van der Waals surface area (Å²) < 4.78 is 20.6. The Bertz CT molecular complexity index is 1400. The maximum atomic E-state index is 12.4. The van der Waals surface area contributed by atoms with E-state index in [0.29, 0.717) is 36.4 Å². The number of benzene rings is 1. The molecule has 41 heavy (non-hydrogen) atoms. The topological polar surface area (TPSA) is 159 Å². The number of fused-ring (bicyclic) bond motifs is 2. The number of carbonyl (C=O) groups is 2. The lowest BCUT2D eigenvalue weighted by Gasteiger charge is -2.29. The summed E-state index contributed by atoms with van der Waals surface area (Å²) in [7, 11) is 0.